The van der Waals surface area contributed by atoms with Crippen molar-refractivity contribution in [3.05, 3.63) is 35.4 Å². The Balaban J connectivity index is 2.93. The lowest BCUT2D eigenvalue weighted by Crippen LogP contribution is -2.28. The van der Waals surface area contributed by atoms with Crippen LogP contribution in [0.5, 0.6) is 0 Å². The molecule has 0 spiro atoms. The van der Waals surface area contributed by atoms with Gasteiger partial charge in [-0.2, -0.15) is 0 Å². The van der Waals surface area contributed by atoms with Gasteiger partial charge in [0.2, 0.25) is 0 Å². The first-order valence-corrected chi connectivity index (χ1v) is 5.39. The summed E-state index contributed by atoms with van der Waals surface area (Å²) in [5, 5.41) is 0. The maximum Gasteiger partial charge on any atom is 0.00191 e. The van der Waals surface area contributed by atoms with E-state index >= 15 is 0 Å². The van der Waals surface area contributed by atoms with Gasteiger partial charge in [-0.25, -0.2) is 0 Å². The van der Waals surface area contributed by atoms with Crippen LogP contribution in [0.3, 0.4) is 0 Å². The number of hydrogen-bond donors (Lipinski definition) is 1. The normalized spacial score (nSPS) is 11.7. The monoisotopic (exact) mass is 191 g/mol. The fraction of sp³-hybridized carbons (Fsp3) is 0.538. The Bertz CT molecular complexity index is 289. The number of rotatable bonds is 4. The molecule has 0 heterocycles. The van der Waals surface area contributed by atoms with Crippen molar-refractivity contribution in [2.24, 2.45) is 5.73 Å². The molecular weight excluding hydrogens is 170 g/mol. The van der Waals surface area contributed by atoms with Gasteiger partial charge in [0.05, 0.1) is 0 Å². The van der Waals surface area contributed by atoms with E-state index in [9.17, 15) is 0 Å². The van der Waals surface area contributed by atoms with Gasteiger partial charge in [0.15, 0.2) is 0 Å². The minimum absolute atomic E-state index is 0.101. The van der Waals surface area contributed by atoms with Crippen molar-refractivity contribution < 1.29 is 0 Å². The Hall–Kier alpha value is -0.820. The van der Waals surface area contributed by atoms with E-state index in [0.29, 0.717) is 6.54 Å². The zero-order chi connectivity index (χ0) is 10.6. The summed E-state index contributed by atoms with van der Waals surface area (Å²) in [7, 11) is 0. The van der Waals surface area contributed by atoms with Crippen molar-refractivity contribution in [1.82, 2.24) is 0 Å². The topological polar surface area (TPSA) is 26.0 Å². The molecule has 0 bridgehead atoms. The van der Waals surface area contributed by atoms with Gasteiger partial charge in [-0.15, -0.1) is 0 Å². The van der Waals surface area contributed by atoms with Gasteiger partial charge in [-0.3, -0.25) is 0 Å². The third-order valence-corrected chi connectivity index (χ3v) is 2.76. The van der Waals surface area contributed by atoms with Crippen LogP contribution in [-0.4, -0.2) is 6.54 Å². The van der Waals surface area contributed by atoms with Crippen LogP contribution in [0.15, 0.2) is 24.3 Å². The molecule has 1 heteroatoms. The number of nitrogens with two attached hydrogens (primary N) is 1. The van der Waals surface area contributed by atoms with Gasteiger partial charge in [-0.1, -0.05) is 51.5 Å². The smallest absolute Gasteiger partial charge is 0.00191 e. The molecule has 1 rings (SSSR count). The molecule has 0 unspecified atom stereocenters. The molecular formula is C13H21N. The highest BCUT2D eigenvalue weighted by Gasteiger charge is 2.18. The second kappa shape index (κ2) is 4.61. The first-order chi connectivity index (χ1) is 6.60. The molecule has 1 aromatic carbocycles. The highest BCUT2D eigenvalue weighted by Crippen LogP contribution is 2.22. The van der Waals surface area contributed by atoms with Crippen molar-refractivity contribution in [1.29, 1.82) is 0 Å². The average molecular weight is 191 g/mol. The van der Waals surface area contributed by atoms with E-state index < -0.39 is 0 Å². The van der Waals surface area contributed by atoms with Gasteiger partial charge in [0, 0.05) is 12.0 Å². The fourth-order valence-electron chi connectivity index (χ4n) is 1.55. The summed E-state index contributed by atoms with van der Waals surface area (Å²) in [4.78, 5) is 0. The Morgan fingerprint density at radius 1 is 1.29 bits per heavy atom. The fourth-order valence-corrected chi connectivity index (χ4v) is 1.55. The average Bonchev–Trinajstić information content (AvgIpc) is 2.19. The number of aryl methyl sites for hydroxylation is 1. The van der Waals surface area contributed by atoms with Gasteiger partial charge >= 0.3 is 0 Å². The molecule has 1 nitrogen and oxygen atoms in total. The molecule has 0 aromatic heterocycles. The predicted molar refractivity (Wildman–Crippen MR) is 62.5 cm³/mol. The molecule has 0 amide bonds. The van der Waals surface area contributed by atoms with Gasteiger partial charge in [0.1, 0.15) is 0 Å². The van der Waals surface area contributed by atoms with E-state index in [0.717, 1.165) is 6.42 Å². The van der Waals surface area contributed by atoms with Crippen molar-refractivity contribution in [2.45, 2.75) is 39.0 Å². The highest BCUT2D eigenvalue weighted by molar-refractivity contribution is 5.29. The van der Waals surface area contributed by atoms with E-state index in [2.05, 4.69) is 45.0 Å². The molecule has 14 heavy (non-hydrogen) atoms. The molecule has 78 valence electrons. The van der Waals surface area contributed by atoms with E-state index in [1.165, 1.54) is 17.5 Å². The lowest BCUT2D eigenvalue weighted by molar-refractivity contribution is 0.538. The van der Waals surface area contributed by atoms with Crippen LogP contribution in [0.1, 0.15) is 38.3 Å². The quantitative estimate of drug-likeness (QED) is 0.778. The SMILES string of the molecule is CCCc1cccc(C(C)(C)CN)c1. The van der Waals surface area contributed by atoms with Crippen LogP contribution >= 0.6 is 0 Å². The van der Waals surface area contributed by atoms with E-state index in [-0.39, 0.29) is 5.41 Å². The zero-order valence-corrected chi connectivity index (χ0v) is 9.51. The summed E-state index contributed by atoms with van der Waals surface area (Å²) in [5.41, 5.74) is 8.64. The molecule has 1 aromatic rings. The zero-order valence-electron chi connectivity index (χ0n) is 9.51. The van der Waals surface area contributed by atoms with E-state index in [1.807, 2.05) is 0 Å². The summed E-state index contributed by atoms with van der Waals surface area (Å²) in [6, 6.07) is 8.79. The Morgan fingerprint density at radius 3 is 2.57 bits per heavy atom. The molecule has 0 fully saturated rings. The first-order valence-electron chi connectivity index (χ1n) is 5.39. The summed E-state index contributed by atoms with van der Waals surface area (Å²) in [6.45, 7) is 7.29. The van der Waals surface area contributed by atoms with Crippen molar-refractivity contribution in [3.8, 4) is 0 Å². The maximum atomic E-state index is 5.76. The summed E-state index contributed by atoms with van der Waals surface area (Å²) < 4.78 is 0. The Labute approximate surface area is 87.3 Å². The molecule has 0 aliphatic heterocycles. The van der Waals surface area contributed by atoms with Crippen molar-refractivity contribution >= 4 is 0 Å². The molecule has 0 radical (unpaired) electrons. The van der Waals surface area contributed by atoms with Crippen LogP contribution < -0.4 is 5.73 Å². The minimum Gasteiger partial charge on any atom is -0.330 e. The predicted octanol–water partition coefficient (Wildman–Crippen LogP) is 2.88. The van der Waals surface area contributed by atoms with E-state index in [4.69, 9.17) is 5.73 Å². The molecule has 2 N–H and O–H groups in total. The second-order valence-corrected chi connectivity index (χ2v) is 4.54. The largest absolute Gasteiger partial charge is 0.330 e. The molecule has 0 aliphatic carbocycles. The molecule has 0 saturated carbocycles. The highest BCUT2D eigenvalue weighted by atomic mass is 14.6. The summed E-state index contributed by atoms with van der Waals surface area (Å²) in [6.07, 6.45) is 2.36. The van der Waals surface area contributed by atoms with Crippen LogP contribution in [0.4, 0.5) is 0 Å². The maximum absolute atomic E-state index is 5.76. The van der Waals surface area contributed by atoms with Crippen molar-refractivity contribution in [3.63, 3.8) is 0 Å². The van der Waals surface area contributed by atoms with Gasteiger partial charge in [0.25, 0.3) is 0 Å². The summed E-state index contributed by atoms with van der Waals surface area (Å²) in [5.74, 6) is 0. The van der Waals surface area contributed by atoms with Gasteiger partial charge < -0.3 is 5.73 Å². The van der Waals surface area contributed by atoms with E-state index in [1.54, 1.807) is 0 Å². The minimum atomic E-state index is 0.101. The first kappa shape index (κ1) is 11.3. The Kier molecular flexibility index (Phi) is 3.70. The lowest BCUT2D eigenvalue weighted by Gasteiger charge is -2.23. The summed E-state index contributed by atoms with van der Waals surface area (Å²) >= 11 is 0. The standard InChI is InChI=1S/C13H21N/c1-4-6-11-7-5-8-12(9-11)13(2,3)10-14/h5,7-9H,4,6,10,14H2,1-3H3. The number of benzene rings is 1. The number of hydrogen-bond acceptors (Lipinski definition) is 1. The molecule has 0 aliphatic rings. The third kappa shape index (κ3) is 2.58. The lowest BCUT2D eigenvalue weighted by atomic mass is 9.84. The van der Waals surface area contributed by atoms with Gasteiger partial charge in [-0.05, 0) is 17.5 Å². The second-order valence-electron chi connectivity index (χ2n) is 4.54. The third-order valence-electron chi connectivity index (χ3n) is 2.76. The van der Waals surface area contributed by atoms with Crippen LogP contribution in [0.25, 0.3) is 0 Å². The Morgan fingerprint density at radius 2 is 2.00 bits per heavy atom. The van der Waals surface area contributed by atoms with Crippen LogP contribution in [-0.2, 0) is 11.8 Å². The molecule has 0 saturated heterocycles. The van der Waals surface area contributed by atoms with Crippen LogP contribution in [0, 0.1) is 0 Å². The van der Waals surface area contributed by atoms with Crippen molar-refractivity contribution in [2.75, 3.05) is 6.54 Å². The molecule has 0 atom stereocenters. The van der Waals surface area contributed by atoms with Crippen LogP contribution in [0.2, 0.25) is 0 Å².